The number of hydrogen-bond acceptors (Lipinski definition) is 6. The lowest BCUT2D eigenvalue weighted by Crippen LogP contribution is -2.11. The molecular weight excluding hydrogens is 398 g/mol. The molecule has 28 heavy (non-hydrogen) atoms. The molecule has 3 aromatic heterocycles. The van der Waals surface area contributed by atoms with E-state index in [9.17, 15) is 4.79 Å². The highest BCUT2D eigenvalue weighted by molar-refractivity contribution is 7.98. The molecule has 0 amide bonds. The lowest BCUT2D eigenvalue weighted by Gasteiger charge is -2.07. The van der Waals surface area contributed by atoms with Gasteiger partial charge in [-0.15, -0.1) is 16.8 Å². The molecule has 0 saturated carbocycles. The van der Waals surface area contributed by atoms with Crippen LogP contribution in [0.4, 0.5) is 0 Å². The van der Waals surface area contributed by atoms with Gasteiger partial charge in [0, 0.05) is 11.6 Å². The number of furan rings is 1. The van der Waals surface area contributed by atoms with E-state index in [2.05, 4.69) is 26.7 Å². The Bertz CT molecular complexity index is 1230. The first-order chi connectivity index (χ1) is 13.6. The van der Waals surface area contributed by atoms with Gasteiger partial charge < -0.3 is 9.40 Å². The van der Waals surface area contributed by atoms with Gasteiger partial charge in [-0.2, -0.15) is 0 Å². The minimum Gasteiger partial charge on any atom is -0.469 e. The Hall–Kier alpha value is -2.84. The van der Waals surface area contributed by atoms with E-state index in [1.807, 2.05) is 17.6 Å². The number of halogens is 1. The van der Waals surface area contributed by atoms with Crippen LogP contribution >= 0.6 is 23.4 Å². The standard InChI is InChI=1S/C19H16ClN5O2S/c1-3-7-25-17(13-6-8-27-11(13)2)23-24-19(25)28-10-16-21-15-9-12(20)4-5-14(15)18(26)22-16/h3-6,8-9H,1,7,10H2,2H3,(H,21,22,26). The highest BCUT2D eigenvalue weighted by atomic mass is 35.5. The molecule has 0 aliphatic carbocycles. The number of allylic oxidation sites excluding steroid dienone is 1. The second kappa shape index (κ2) is 7.65. The fourth-order valence-electron chi connectivity index (χ4n) is 2.87. The van der Waals surface area contributed by atoms with Crippen molar-refractivity contribution in [2.75, 3.05) is 0 Å². The van der Waals surface area contributed by atoms with Gasteiger partial charge in [0.05, 0.1) is 28.5 Å². The fraction of sp³-hybridized carbons (Fsp3) is 0.158. The smallest absolute Gasteiger partial charge is 0.258 e. The summed E-state index contributed by atoms with van der Waals surface area (Å²) in [6.07, 6.45) is 3.41. The van der Waals surface area contributed by atoms with Crippen molar-refractivity contribution >= 4 is 34.3 Å². The van der Waals surface area contributed by atoms with Gasteiger partial charge in [0.25, 0.3) is 5.56 Å². The SMILES string of the molecule is C=CCn1c(SCc2nc3cc(Cl)ccc3c(=O)[nH]2)nnc1-c1ccoc1C. The molecule has 9 heteroatoms. The molecule has 0 aliphatic rings. The summed E-state index contributed by atoms with van der Waals surface area (Å²) in [5, 5.41) is 10.3. The van der Waals surface area contributed by atoms with Crippen LogP contribution < -0.4 is 5.56 Å². The Balaban J connectivity index is 1.64. The normalized spacial score (nSPS) is 11.2. The summed E-state index contributed by atoms with van der Waals surface area (Å²) < 4.78 is 7.33. The number of benzene rings is 1. The third-order valence-electron chi connectivity index (χ3n) is 4.18. The average Bonchev–Trinajstić information content (AvgIpc) is 3.25. The maximum Gasteiger partial charge on any atom is 0.258 e. The predicted octanol–water partition coefficient (Wildman–Crippen LogP) is 4.21. The third-order valence-corrected chi connectivity index (χ3v) is 5.40. The molecule has 4 rings (SSSR count). The van der Waals surface area contributed by atoms with Crippen molar-refractivity contribution in [2.45, 2.75) is 24.4 Å². The summed E-state index contributed by atoms with van der Waals surface area (Å²) in [6, 6.07) is 6.88. The summed E-state index contributed by atoms with van der Waals surface area (Å²) in [4.78, 5) is 19.6. The first-order valence-corrected chi connectivity index (χ1v) is 9.83. The lowest BCUT2D eigenvalue weighted by molar-refractivity contribution is 0.534. The molecule has 0 atom stereocenters. The van der Waals surface area contributed by atoms with Gasteiger partial charge in [0.1, 0.15) is 11.6 Å². The fourth-order valence-corrected chi connectivity index (χ4v) is 3.85. The quantitative estimate of drug-likeness (QED) is 0.376. The zero-order valence-electron chi connectivity index (χ0n) is 15.0. The molecule has 4 aromatic rings. The van der Waals surface area contributed by atoms with E-state index in [4.69, 9.17) is 16.0 Å². The largest absolute Gasteiger partial charge is 0.469 e. The average molecular weight is 414 g/mol. The van der Waals surface area contributed by atoms with Crippen molar-refractivity contribution < 1.29 is 4.42 Å². The van der Waals surface area contributed by atoms with Crippen LogP contribution in [0, 0.1) is 6.92 Å². The molecule has 0 spiro atoms. The van der Waals surface area contributed by atoms with Crippen LogP contribution in [0.25, 0.3) is 22.3 Å². The van der Waals surface area contributed by atoms with Crippen LogP contribution in [0.3, 0.4) is 0 Å². The molecule has 0 aliphatic heterocycles. The Morgan fingerprint density at radius 2 is 2.21 bits per heavy atom. The van der Waals surface area contributed by atoms with Crippen LogP contribution in [0.1, 0.15) is 11.6 Å². The molecule has 0 saturated heterocycles. The summed E-state index contributed by atoms with van der Waals surface area (Å²) >= 11 is 7.45. The highest BCUT2D eigenvalue weighted by Gasteiger charge is 2.17. The van der Waals surface area contributed by atoms with Crippen LogP contribution in [0.5, 0.6) is 0 Å². The van der Waals surface area contributed by atoms with E-state index in [-0.39, 0.29) is 5.56 Å². The second-order valence-corrected chi connectivity index (χ2v) is 7.44. The Kier molecular flexibility index (Phi) is 5.06. The van der Waals surface area contributed by atoms with Crippen molar-refractivity contribution in [3.63, 3.8) is 0 Å². The molecule has 0 bridgehead atoms. The Labute approximate surface area is 169 Å². The highest BCUT2D eigenvalue weighted by Crippen LogP contribution is 2.28. The van der Waals surface area contributed by atoms with Crippen molar-refractivity contribution in [1.82, 2.24) is 24.7 Å². The topological polar surface area (TPSA) is 89.6 Å². The molecule has 0 unspecified atom stereocenters. The summed E-state index contributed by atoms with van der Waals surface area (Å²) in [5.41, 5.74) is 1.25. The molecule has 1 aromatic carbocycles. The number of aromatic amines is 1. The second-order valence-electron chi connectivity index (χ2n) is 6.06. The number of nitrogens with one attached hydrogen (secondary N) is 1. The minimum atomic E-state index is -0.195. The number of aromatic nitrogens is 5. The first kappa shape index (κ1) is 18.5. The Morgan fingerprint density at radius 3 is 2.96 bits per heavy atom. The van der Waals surface area contributed by atoms with Crippen LogP contribution in [-0.4, -0.2) is 24.7 Å². The molecule has 7 nitrogen and oxygen atoms in total. The monoisotopic (exact) mass is 413 g/mol. The number of nitrogens with zero attached hydrogens (tertiary/aromatic N) is 4. The summed E-state index contributed by atoms with van der Waals surface area (Å²) in [5.74, 6) is 2.45. The first-order valence-electron chi connectivity index (χ1n) is 8.46. The van der Waals surface area contributed by atoms with E-state index < -0.39 is 0 Å². The van der Waals surface area contributed by atoms with Crippen LogP contribution in [-0.2, 0) is 12.3 Å². The number of thioether (sulfide) groups is 1. The molecule has 0 radical (unpaired) electrons. The van der Waals surface area contributed by atoms with Crippen molar-refractivity contribution in [1.29, 1.82) is 0 Å². The van der Waals surface area contributed by atoms with Gasteiger partial charge in [-0.1, -0.05) is 29.4 Å². The maximum absolute atomic E-state index is 12.3. The number of fused-ring (bicyclic) bond motifs is 1. The number of hydrogen-bond donors (Lipinski definition) is 1. The van der Waals surface area contributed by atoms with Gasteiger partial charge in [-0.05, 0) is 31.2 Å². The lowest BCUT2D eigenvalue weighted by atomic mass is 10.2. The van der Waals surface area contributed by atoms with Gasteiger partial charge in [-0.3, -0.25) is 9.36 Å². The molecule has 1 N–H and O–H groups in total. The maximum atomic E-state index is 12.3. The van der Waals surface area contributed by atoms with E-state index in [1.54, 1.807) is 30.5 Å². The zero-order chi connectivity index (χ0) is 19.7. The Morgan fingerprint density at radius 1 is 1.36 bits per heavy atom. The zero-order valence-corrected chi connectivity index (χ0v) is 16.5. The van der Waals surface area contributed by atoms with Gasteiger partial charge >= 0.3 is 0 Å². The van der Waals surface area contributed by atoms with Gasteiger partial charge in [0.15, 0.2) is 11.0 Å². The molecule has 0 fully saturated rings. The molecular formula is C19H16ClN5O2S. The van der Waals surface area contributed by atoms with E-state index in [0.717, 1.165) is 11.3 Å². The van der Waals surface area contributed by atoms with Gasteiger partial charge in [-0.25, -0.2) is 4.98 Å². The number of H-pyrrole nitrogens is 1. The van der Waals surface area contributed by atoms with Crippen LogP contribution in [0.15, 0.2) is 57.6 Å². The number of aryl methyl sites for hydroxylation is 1. The third kappa shape index (κ3) is 3.48. The summed E-state index contributed by atoms with van der Waals surface area (Å²) in [6.45, 7) is 6.24. The molecule has 3 heterocycles. The van der Waals surface area contributed by atoms with Gasteiger partial charge in [0.2, 0.25) is 0 Å². The van der Waals surface area contributed by atoms with E-state index >= 15 is 0 Å². The van der Waals surface area contributed by atoms with Crippen molar-refractivity contribution in [2.24, 2.45) is 0 Å². The minimum absolute atomic E-state index is 0.195. The summed E-state index contributed by atoms with van der Waals surface area (Å²) in [7, 11) is 0. The van der Waals surface area contributed by atoms with Crippen molar-refractivity contribution in [3.05, 3.63) is 70.1 Å². The number of rotatable bonds is 6. The van der Waals surface area contributed by atoms with E-state index in [0.29, 0.717) is 45.0 Å². The predicted molar refractivity (Wildman–Crippen MR) is 110 cm³/mol. The molecule has 142 valence electrons. The van der Waals surface area contributed by atoms with E-state index in [1.165, 1.54) is 11.8 Å². The van der Waals surface area contributed by atoms with Crippen molar-refractivity contribution in [3.8, 4) is 11.4 Å². The van der Waals surface area contributed by atoms with Crippen LogP contribution in [0.2, 0.25) is 5.02 Å².